The zero-order valence-corrected chi connectivity index (χ0v) is 12.3. The van der Waals surface area contributed by atoms with Crippen LogP contribution >= 0.6 is 15.9 Å². The fourth-order valence-electron chi connectivity index (χ4n) is 1.83. The molecule has 1 N–H and O–H groups in total. The molecule has 0 bridgehead atoms. The Morgan fingerprint density at radius 3 is 2.26 bits per heavy atom. The lowest BCUT2D eigenvalue weighted by Crippen LogP contribution is -2.00. The van der Waals surface area contributed by atoms with E-state index in [1.54, 1.807) is 20.1 Å². The largest absolute Gasteiger partial charge is 0.496 e. The van der Waals surface area contributed by atoms with Gasteiger partial charge in [-0.1, -0.05) is 22.0 Å². The third kappa shape index (κ3) is 3.28. The van der Waals surface area contributed by atoms with Crippen molar-refractivity contribution in [3.8, 4) is 17.2 Å². The summed E-state index contributed by atoms with van der Waals surface area (Å²) in [7, 11) is 1.57. The molecule has 0 aliphatic carbocycles. The standard InChI is InChI=1S/C15H15BrO3/c1-10(17)15-13(18-2)4-3-5-14(15)19-12-8-6-11(16)7-9-12/h3-10,17H,1-2H3/t10-/m1/s1. The topological polar surface area (TPSA) is 38.7 Å². The molecule has 100 valence electrons. The number of hydrogen-bond donors (Lipinski definition) is 1. The van der Waals surface area contributed by atoms with Gasteiger partial charge in [-0.2, -0.15) is 0 Å². The molecule has 1 atom stereocenters. The van der Waals surface area contributed by atoms with Gasteiger partial charge in [0.2, 0.25) is 0 Å². The van der Waals surface area contributed by atoms with E-state index in [1.165, 1.54) is 0 Å². The van der Waals surface area contributed by atoms with Crippen LogP contribution in [-0.2, 0) is 0 Å². The first-order valence-electron chi connectivity index (χ1n) is 5.90. The van der Waals surface area contributed by atoms with Crippen LogP contribution in [0.2, 0.25) is 0 Å². The summed E-state index contributed by atoms with van der Waals surface area (Å²) in [5.74, 6) is 1.92. The quantitative estimate of drug-likeness (QED) is 0.911. The van der Waals surface area contributed by atoms with E-state index in [1.807, 2.05) is 36.4 Å². The molecule has 0 radical (unpaired) electrons. The minimum Gasteiger partial charge on any atom is -0.496 e. The van der Waals surface area contributed by atoms with Crippen LogP contribution in [0.5, 0.6) is 17.2 Å². The number of ether oxygens (including phenoxy) is 2. The average Bonchev–Trinajstić information content (AvgIpc) is 2.40. The molecular formula is C15H15BrO3. The Balaban J connectivity index is 2.36. The van der Waals surface area contributed by atoms with Crippen molar-refractivity contribution < 1.29 is 14.6 Å². The van der Waals surface area contributed by atoms with E-state index in [2.05, 4.69) is 15.9 Å². The number of halogens is 1. The summed E-state index contributed by atoms with van der Waals surface area (Å²) in [5.41, 5.74) is 0.646. The highest BCUT2D eigenvalue weighted by molar-refractivity contribution is 9.10. The Hall–Kier alpha value is -1.52. The third-order valence-corrected chi connectivity index (χ3v) is 3.23. The van der Waals surface area contributed by atoms with Crippen molar-refractivity contribution in [3.63, 3.8) is 0 Å². The normalized spacial score (nSPS) is 12.0. The molecule has 4 heteroatoms. The van der Waals surface area contributed by atoms with Crippen molar-refractivity contribution in [1.29, 1.82) is 0 Å². The summed E-state index contributed by atoms with van der Waals surface area (Å²) in [5, 5.41) is 9.87. The van der Waals surface area contributed by atoms with Gasteiger partial charge in [0.15, 0.2) is 0 Å². The van der Waals surface area contributed by atoms with Gasteiger partial charge in [-0.05, 0) is 43.3 Å². The number of rotatable bonds is 4. The van der Waals surface area contributed by atoms with E-state index in [0.29, 0.717) is 22.8 Å². The van der Waals surface area contributed by atoms with Gasteiger partial charge in [-0.15, -0.1) is 0 Å². The second-order valence-electron chi connectivity index (χ2n) is 4.10. The van der Waals surface area contributed by atoms with Gasteiger partial charge in [0.25, 0.3) is 0 Å². The second-order valence-corrected chi connectivity index (χ2v) is 5.02. The molecule has 0 saturated heterocycles. The van der Waals surface area contributed by atoms with Crippen LogP contribution < -0.4 is 9.47 Å². The molecule has 19 heavy (non-hydrogen) atoms. The number of benzene rings is 2. The highest BCUT2D eigenvalue weighted by Crippen LogP contribution is 2.36. The molecule has 3 nitrogen and oxygen atoms in total. The zero-order valence-electron chi connectivity index (χ0n) is 10.8. The third-order valence-electron chi connectivity index (χ3n) is 2.71. The van der Waals surface area contributed by atoms with E-state index < -0.39 is 6.10 Å². The molecule has 0 unspecified atom stereocenters. The van der Waals surface area contributed by atoms with E-state index in [-0.39, 0.29) is 0 Å². The fourth-order valence-corrected chi connectivity index (χ4v) is 2.10. The SMILES string of the molecule is COc1cccc(Oc2ccc(Br)cc2)c1[C@@H](C)O. The zero-order chi connectivity index (χ0) is 13.8. The Morgan fingerprint density at radius 2 is 1.68 bits per heavy atom. The first-order chi connectivity index (χ1) is 9.11. The predicted molar refractivity (Wildman–Crippen MR) is 77.8 cm³/mol. The maximum absolute atomic E-state index is 9.87. The van der Waals surface area contributed by atoms with E-state index in [0.717, 1.165) is 4.47 Å². The molecule has 2 aromatic carbocycles. The van der Waals surface area contributed by atoms with Crippen molar-refractivity contribution in [2.75, 3.05) is 7.11 Å². The lowest BCUT2D eigenvalue weighted by molar-refractivity contribution is 0.190. The minimum atomic E-state index is -0.665. The average molecular weight is 323 g/mol. The van der Waals surface area contributed by atoms with Crippen molar-refractivity contribution >= 4 is 15.9 Å². The van der Waals surface area contributed by atoms with Crippen molar-refractivity contribution in [2.24, 2.45) is 0 Å². The Morgan fingerprint density at radius 1 is 1.05 bits per heavy atom. The molecule has 0 aromatic heterocycles. The minimum absolute atomic E-state index is 0.594. The fraction of sp³-hybridized carbons (Fsp3) is 0.200. The van der Waals surface area contributed by atoms with Gasteiger partial charge in [0.05, 0.1) is 18.8 Å². The Kier molecular flexibility index (Phi) is 4.45. The van der Waals surface area contributed by atoms with Crippen LogP contribution in [0.4, 0.5) is 0 Å². The highest BCUT2D eigenvalue weighted by Gasteiger charge is 2.15. The maximum Gasteiger partial charge on any atom is 0.136 e. The number of hydrogen-bond acceptors (Lipinski definition) is 3. The van der Waals surface area contributed by atoms with Crippen LogP contribution in [0.25, 0.3) is 0 Å². The molecule has 0 spiro atoms. The number of methoxy groups -OCH3 is 1. The van der Waals surface area contributed by atoms with Crippen LogP contribution in [0.1, 0.15) is 18.6 Å². The Labute approximate surface area is 120 Å². The maximum atomic E-state index is 9.87. The van der Waals surface area contributed by atoms with Gasteiger partial charge in [0, 0.05) is 4.47 Å². The monoisotopic (exact) mass is 322 g/mol. The summed E-state index contributed by atoms with van der Waals surface area (Å²) >= 11 is 3.38. The molecular weight excluding hydrogens is 308 g/mol. The van der Waals surface area contributed by atoms with Gasteiger partial charge >= 0.3 is 0 Å². The molecule has 0 aliphatic heterocycles. The molecule has 0 heterocycles. The lowest BCUT2D eigenvalue weighted by atomic mass is 10.1. The van der Waals surface area contributed by atoms with Crippen molar-refractivity contribution in [3.05, 3.63) is 52.5 Å². The second kappa shape index (κ2) is 6.08. The molecule has 0 saturated carbocycles. The van der Waals surface area contributed by atoms with Crippen LogP contribution in [0.3, 0.4) is 0 Å². The van der Waals surface area contributed by atoms with Crippen molar-refractivity contribution in [1.82, 2.24) is 0 Å². The molecule has 0 fully saturated rings. The summed E-state index contributed by atoms with van der Waals surface area (Å²) < 4.78 is 12.1. The van der Waals surface area contributed by atoms with Crippen LogP contribution in [0.15, 0.2) is 46.9 Å². The number of aliphatic hydroxyl groups excluding tert-OH is 1. The highest BCUT2D eigenvalue weighted by atomic mass is 79.9. The summed E-state index contributed by atoms with van der Waals surface area (Å²) in [4.78, 5) is 0. The van der Waals surface area contributed by atoms with Gasteiger partial charge in [0.1, 0.15) is 17.2 Å². The summed E-state index contributed by atoms with van der Waals surface area (Å²) in [6.07, 6.45) is -0.665. The summed E-state index contributed by atoms with van der Waals surface area (Å²) in [6, 6.07) is 13.0. The smallest absolute Gasteiger partial charge is 0.136 e. The van der Waals surface area contributed by atoms with E-state index in [4.69, 9.17) is 9.47 Å². The molecule has 0 aliphatic rings. The first kappa shape index (κ1) is 13.9. The molecule has 2 rings (SSSR count). The lowest BCUT2D eigenvalue weighted by Gasteiger charge is -2.16. The molecule has 2 aromatic rings. The molecule has 0 amide bonds. The first-order valence-corrected chi connectivity index (χ1v) is 6.69. The van der Waals surface area contributed by atoms with Crippen molar-refractivity contribution in [2.45, 2.75) is 13.0 Å². The van der Waals surface area contributed by atoms with Gasteiger partial charge < -0.3 is 14.6 Å². The van der Waals surface area contributed by atoms with E-state index >= 15 is 0 Å². The van der Waals surface area contributed by atoms with E-state index in [9.17, 15) is 5.11 Å². The van der Waals surface area contributed by atoms with Gasteiger partial charge in [-0.3, -0.25) is 0 Å². The van der Waals surface area contributed by atoms with Gasteiger partial charge in [-0.25, -0.2) is 0 Å². The predicted octanol–water partition coefficient (Wildman–Crippen LogP) is 4.30. The summed E-state index contributed by atoms with van der Waals surface area (Å²) in [6.45, 7) is 1.69. The van der Waals surface area contributed by atoms with Crippen LogP contribution in [0, 0.1) is 0 Å². The number of aliphatic hydroxyl groups is 1. The Bertz CT molecular complexity index is 550. The van der Waals surface area contributed by atoms with Crippen LogP contribution in [-0.4, -0.2) is 12.2 Å².